The maximum absolute atomic E-state index is 12.3. The van der Waals surface area contributed by atoms with Gasteiger partial charge in [0.05, 0.1) is 20.6 Å². The van der Waals surface area contributed by atoms with Gasteiger partial charge in [-0.2, -0.15) is 0 Å². The predicted molar refractivity (Wildman–Crippen MR) is 89.2 cm³/mol. The molecular formula is C14H12ClN3OS2. The predicted octanol–water partition coefficient (Wildman–Crippen LogP) is 4.08. The van der Waals surface area contributed by atoms with Crippen LogP contribution in [0.1, 0.15) is 28.2 Å². The van der Waals surface area contributed by atoms with Crippen LogP contribution in [0, 0.1) is 0 Å². The summed E-state index contributed by atoms with van der Waals surface area (Å²) >= 11 is 8.75. The van der Waals surface area contributed by atoms with Crippen LogP contribution >= 0.6 is 34.3 Å². The number of fused-ring (bicyclic) bond motifs is 1. The zero-order chi connectivity index (χ0) is 15.0. The lowest BCUT2D eigenvalue weighted by atomic mass is 10.2. The summed E-state index contributed by atoms with van der Waals surface area (Å²) < 4.78 is 1.62. The van der Waals surface area contributed by atoms with Gasteiger partial charge in [0.25, 0.3) is 5.91 Å². The van der Waals surface area contributed by atoms with E-state index in [0.29, 0.717) is 15.0 Å². The molecule has 1 unspecified atom stereocenters. The molecule has 2 aromatic heterocycles. The Morgan fingerprint density at radius 2 is 2.14 bits per heavy atom. The lowest BCUT2D eigenvalue weighted by molar-refractivity contribution is 0.0940. The zero-order valence-corrected chi connectivity index (χ0v) is 13.5. The standard InChI is InChI=1S/C14H12ClN3OS2/c1-7(10-4-5-12(15)20-10)17-13(19)8-2-3-9-11(6-8)21-14(16)18-9/h2-7H,1H3,(H2,16,18)(H,17,19). The Bertz CT molecular complexity index is 812. The molecule has 0 saturated carbocycles. The number of rotatable bonds is 3. The molecule has 0 saturated heterocycles. The Labute approximate surface area is 134 Å². The molecule has 3 N–H and O–H groups in total. The van der Waals surface area contributed by atoms with Gasteiger partial charge in [-0.15, -0.1) is 11.3 Å². The highest BCUT2D eigenvalue weighted by molar-refractivity contribution is 7.22. The number of aromatic nitrogens is 1. The van der Waals surface area contributed by atoms with E-state index in [2.05, 4.69) is 10.3 Å². The van der Waals surface area contributed by atoms with Crippen molar-refractivity contribution in [3.8, 4) is 0 Å². The Kier molecular flexibility index (Phi) is 3.84. The second-order valence-corrected chi connectivity index (χ2v) is 7.38. The Morgan fingerprint density at radius 1 is 1.33 bits per heavy atom. The molecule has 0 fully saturated rings. The second kappa shape index (κ2) is 5.63. The third-order valence-corrected chi connectivity index (χ3v) is 5.30. The van der Waals surface area contributed by atoms with Gasteiger partial charge >= 0.3 is 0 Å². The van der Waals surface area contributed by atoms with E-state index < -0.39 is 0 Å². The lowest BCUT2D eigenvalue weighted by Crippen LogP contribution is -2.25. The minimum absolute atomic E-state index is 0.0859. The molecule has 1 aromatic carbocycles. The molecular weight excluding hydrogens is 326 g/mol. The summed E-state index contributed by atoms with van der Waals surface area (Å²) in [6.45, 7) is 1.93. The van der Waals surface area contributed by atoms with Crippen molar-refractivity contribution < 1.29 is 4.79 Å². The number of thiophene rings is 1. The first-order valence-electron chi connectivity index (χ1n) is 6.25. The molecule has 0 bridgehead atoms. The van der Waals surface area contributed by atoms with Crippen molar-refractivity contribution in [1.29, 1.82) is 0 Å². The Hall–Kier alpha value is -1.63. The van der Waals surface area contributed by atoms with Gasteiger partial charge in [0, 0.05) is 10.4 Å². The summed E-state index contributed by atoms with van der Waals surface area (Å²) in [5.74, 6) is -0.124. The lowest BCUT2D eigenvalue weighted by Gasteiger charge is -2.12. The first-order valence-corrected chi connectivity index (χ1v) is 8.26. The third-order valence-electron chi connectivity index (χ3n) is 3.04. The number of nitrogen functional groups attached to an aromatic ring is 1. The van der Waals surface area contributed by atoms with Gasteiger partial charge in [-0.3, -0.25) is 4.79 Å². The molecule has 0 spiro atoms. The van der Waals surface area contributed by atoms with Gasteiger partial charge < -0.3 is 11.1 Å². The van der Waals surface area contributed by atoms with Crippen LogP contribution in [-0.4, -0.2) is 10.9 Å². The van der Waals surface area contributed by atoms with Crippen molar-refractivity contribution in [2.45, 2.75) is 13.0 Å². The van der Waals surface area contributed by atoms with E-state index in [9.17, 15) is 4.79 Å². The second-order valence-electron chi connectivity index (χ2n) is 4.57. The number of nitrogens with two attached hydrogens (primary N) is 1. The molecule has 0 aliphatic heterocycles. The summed E-state index contributed by atoms with van der Waals surface area (Å²) in [5.41, 5.74) is 7.08. The largest absolute Gasteiger partial charge is 0.375 e. The van der Waals surface area contributed by atoms with Crippen molar-refractivity contribution in [3.63, 3.8) is 0 Å². The van der Waals surface area contributed by atoms with Crippen molar-refractivity contribution in [2.24, 2.45) is 0 Å². The monoisotopic (exact) mass is 337 g/mol. The molecule has 1 atom stereocenters. The van der Waals surface area contributed by atoms with Gasteiger partial charge in [0.15, 0.2) is 5.13 Å². The maximum atomic E-state index is 12.3. The van der Waals surface area contributed by atoms with Gasteiger partial charge in [-0.25, -0.2) is 4.98 Å². The van der Waals surface area contributed by atoms with Gasteiger partial charge in [-0.1, -0.05) is 22.9 Å². The molecule has 4 nitrogen and oxygen atoms in total. The number of benzene rings is 1. The topological polar surface area (TPSA) is 68.0 Å². The number of carbonyl (C=O) groups excluding carboxylic acids is 1. The van der Waals surface area contributed by atoms with Crippen molar-refractivity contribution >= 4 is 55.5 Å². The van der Waals surface area contributed by atoms with Crippen LogP contribution in [0.3, 0.4) is 0 Å². The SMILES string of the molecule is CC(NC(=O)c1ccc2nc(N)sc2c1)c1ccc(Cl)s1. The van der Waals surface area contributed by atoms with Crippen molar-refractivity contribution in [3.05, 3.63) is 45.1 Å². The average molecular weight is 338 g/mol. The molecule has 1 amide bonds. The van der Waals surface area contributed by atoms with Crippen LogP contribution < -0.4 is 11.1 Å². The molecule has 2 heterocycles. The quantitative estimate of drug-likeness (QED) is 0.756. The zero-order valence-electron chi connectivity index (χ0n) is 11.1. The van der Waals surface area contributed by atoms with Gasteiger partial charge in [-0.05, 0) is 37.3 Å². The number of hydrogen-bond donors (Lipinski definition) is 2. The van der Waals surface area contributed by atoms with Crippen molar-refractivity contribution in [2.75, 3.05) is 5.73 Å². The molecule has 3 rings (SSSR count). The van der Waals surface area contributed by atoms with Crippen molar-refractivity contribution in [1.82, 2.24) is 10.3 Å². The highest BCUT2D eigenvalue weighted by Crippen LogP contribution is 2.27. The summed E-state index contributed by atoms with van der Waals surface area (Å²) in [7, 11) is 0. The normalized spacial score (nSPS) is 12.5. The Balaban J connectivity index is 1.79. The summed E-state index contributed by atoms with van der Waals surface area (Å²) in [6.07, 6.45) is 0. The molecule has 7 heteroatoms. The summed E-state index contributed by atoms with van der Waals surface area (Å²) in [4.78, 5) is 17.5. The molecule has 0 aliphatic carbocycles. The van der Waals surface area contributed by atoms with E-state index in [-0.39, 0.29) is 11.9 Å². The fourth-order valence-electron chi connectivity index (χ4n) is 2.00. The minimum atomic E-state index is -0.124. The highest BCUT2D eigenvalue weighted by Gasteiger charge is 2.14. The number of halogens is 1. The number of nitrogens with zero attached hydrogens (tertiary/aromatic N) is 1. The number of anilines is 1. The van der Waals surface area contributed by atoms with E-state index in [0.717, 1.165) is 15.1 Å². The van der Waals surface area contributed by atoms with Gasteiger partial charge in [0.2, 0.25) is 0 Å². The molecule has 3 aromatic rings. The molecule has 108 valence electrons. The smallest absolute Gasteiger partial charge is 0.251 e. The van der Waals surface area contributed by atoms with Crippen LogP contribution in [0.2, 0.25) is 4.34 Å². The van der Waals surface area contributed by atoms with E-state index in [1.807, 2.05) is 31.2 Å². The number of amides is 1. The first kappa shape index (κ1) is 14.3. The maximum Gasteiger partial charge on any atom is 0.251 e. The number of carbonyl (C=O) groups is 1. The number of hydrogen-bond acceptors (Lipinski definition) is 5. The third kappa shape index (κ3) is 3.02. The number of nitrogens with one attached hydrogen (secondary N) is 1. The minimum Gasteiger partial charge on any atom is -0.375 e. The average Bonchev–Trinajstić information content (AvgIpc) is 3.02. The molecule has 21 heavy (non-hydrogen) atoms. The van der Waals surface area contributed by atoms with Gasteiger partial charge in [0.1, 0.15) is 0 Å². The van der Waals surface area contributed by atoms with Crippen LogP contribution in [0.15, 0.2) is 30.3 Å². The fourth-order valence-corrected chi connectivity index (χ4v) is 3.83. The first-order chi connectivity index (χ1) is 10.0. The van der Waals surface area contributed by atoms with Crippen LogP contribution in [-0.2, 0) is 0 Å². The van der Waals surface area contributed by atoms with E-state index in [1.165, 1.54) is 22.7 Å². The summed E-state index contributed by atoms with van der Waals surface area (Å²) in [6, 6.07) is 9.04. The summed E-state index contributed by atoms with van der Waals surface area (Å²) in [5, 5.41) is 3.47. The van der Waals surface area contributed by atoms with Crippen LogP contribution in [0.5, 0.6) is 0 Å². The van der Waals surface area contributed by atoms with E-state index in [1.54, 1.807) is 6.07 Å². The van der Waals surface area contributed by atoms with Crippen LogP contribution in [0.4, 0.5) is 5.13 Å². The molecule has 0 aliphatic rings. The van der Waals surface area contributed by atoms with E-state index >= 15 is 0 Å². The van der Waals surface area contributed by atoms with E-state index in [4.69, 9.17) is 17.3 Å². The van der Waals surface area contributed by atoms with Crippen LogP contribution in [0.25, 0.3) is 10.2 Å². The Morgan fingerprint density at radius 3 is 2.86 bits per heavy atom. The highest BCUT2D eigenvalue weighted by atomic mass is 35.5. The fraction of sp³-hybridized carbons (Fsp3) is 0.143. The number of thiazole rings is 1. The molecule has 0 radical (unpaired) electrons.